The molecule has 0 spiro atoms. The summed E-state index contributed by atoms with van der Waals surface area (Å²) in [6, 6.07) is 15.3. The Morgan fingerprint density at radius 3 is 1.98 bits per heavy atom. The highest BCUT2D eigenvalue weighted by molar-refractivity contribution is 5.78. The van der Waals surface area contributed by atoms with E-state index in [4.69, 9.17) is 0 Å². The number of rotatable bonds is 7. The number of hydrogen-bond acceptors (Lipinski definition) is 2. The van der Waals surface area contributed by atoms with Crippen LogP contribution in [0.4, 0.5) is 32.0 Å². The third-order valence-electron chi connectivity index (χ3n) is 7.38. The van der Waals surface area contributed by atoms with Crippen LogP contribution in [0.15, 0.2) is 66.7 Å². The maximum absolute atomic E-state index is 13.1. The van der Waals surface area contributed by atoms with Gasteiger partial charge in [-0.15, -0.1) is 0 Å². The fourth-order valence-corrected chi connectivity index (χ4v) is 5.33. The van der Waals surface area contributed by atoms with Crippen molar-refractivity contribution in [1.82, 2.24) is 0 Å². The Balaban J connectivity index is 1.71. The molecule has 0 saturated carbocycles. The molecule has 3 aromatic carbocycles. The van der Waals surface area contributed by atoms with Crippen molar-refractivity contribution in [2.45, 2.75) is 57.3 Å². The van der Waals surface area contributed by atoms with E-state index in [1.165, 1.54) is 24.3 Å². The van der Waals surface area contributed by atoms with Crippen molar-refractivity contribution in [3.8, 4) is 11.1 Å². The summed E-state index contributed by atoms with van der Waals surface area (Å²) in [6.07, 6.45) is -6.93. The van der Waals surface area contributed by atoms with Crippen molar-refractivity contribution in [2.24, 2.45) is 5.92 Å². The predicted octanol–water partition coefficient (Wildman–Crippen LogP) is 8.99. The number of nitrogens with zero attached hydrogens (tertiary/aromatic N) is 1. The summed E-state index contributed by atoms with van der Waals surface area (Å²) in [6.45, 7) is 5.04. The van der Waals surface area contributed by atoms with Crippen molar-refractivity contribution in [3.05, 3.63) is 89.0 Å². The van der Waals surface area contributed by atoms with Gasteiger partial charge in [-0.25, -0.2) is 0 Å². The minimum absolute atomic E-state index is 0.0438. The van der Waals surface area contributed by atoms with Crippen molar-refractivity contribution in [3.63, 3.8) is 0 Å². The first kappa shape index (κ1) is 29.5. The first-order valence-electron chi connectivity index (χ1n) is 13.2. The number of hydrogen-bond donors (Lipinski definition) is 1. The number of anilines is 1. The number of piperidine rings is 1. The van der Waals surface area contributed by atoms with Crippen LogP contribution in [0.25, 0.3) is 11.1 Å². The lowest BCUT2D eigenvalue weighted by Gasteiger charge is -2.35. The van der Waals surface area contributed by atoms with Crippen LogP contribution >= 0.6 is 0 Å². The summed E-state index contributed by atoms with van der Waals surface area (Å²) >= 11 is 0. The monoisotopic (exact) mass is 563 g/mol. The first-order valence-corrected chi connectivity index (χ1v) is 13.2. The Bertz CT molecular complexity index is 1310. The third kappa shape index (κ3) is 6.98. The Hall–Kier alpha value is -3.49. The van der Waals surface area contributed by atoms with E-state index in [-0.39, 0.29) is 11.8 Å². The minimum atomic E-state index is -4.47. The quantitative estimate of drug-likeness (QED) is 0.292. The molecule has 1 aliphatic heterocycles. The van der Waals surface area contributed by atoms with Crippen LogP contribution in [0, 0.1) is 5.92 Å². The van der Waals surface area contributed by atoms with Crippen LogP contribution in [0.3, 0.4) is 0 Å². The molecule has 3 nitrogen and oxygen atoms in total. The second-order valence-electron chi connectivity index (χ2n) is 10.8. The van der Waals surface area contributed by atoms with Crippen molar-refractivity contribution in [2.75, 3.05) is 18.0 Å². The topological polar surface area (TPSA) is 40.5 Å². The molecule has 3 aromatic rings. The van der Waals surface area contributed by atoms with Crippen LogP contribution < -0.4 is 4.90 Å². The van der Waals surface area contributed by atoms with Gasteiger partial charge in [-0.05, 0) is 83.8 Å². The van der Waals surface area contributed by atoms with Gasteiger partial charge in [-0.3, -0.25) is 4.79 Å². The van der Waals surface area contributed by atoms with Crippen LogP contribution in [-0.2, 0) is 17.1 Å². The normalized spacial score (nSPS) is 17.2. The van der Waals surface area contributed by atoms with Gasteiger partial charge in [0.05, 0.1) is 17.0 Å². The van der Waals surface area contributed by atoms with Gasteiger partial charge in [-0.2, -0.15) is 26.3 Å². The zero-order valence-corrected chi connectivity index (χ0v) is 22.2. The fraction of sp³-hybridized carbons (Fsp3) is 0.387. The highest BCUT2D eigenvalue weighted by Crippen LogP contribution is 2.38. The highest BCUT2D eigenvalue weighted by Gasteiger charge is 2.32. The number of benzene rings is 3. The summed E-state index contributed by atoms with van der Waals surface area (Å²) in [5.41, 5.74) is 1.79. The lowest BCUT2D eigenvalue weighted by atomic mass is 9.83. The molecule has 40 heavy (non-hydrogen) atoms. The van der Waals surface area contributed by atoms with Gasteiger partial charge in [0.1, 0.15) is 0 Å². The Kier molecular flexibility index (Phi) is 8.52. The van der Waals surface area contributed by atoms with Gasteiger partial charge < -0.3 is 10.0 Å². The Labute approximate surface area is 229 Å². The van der Waals surface area contributed by atoms with Crippen molar-refractivity contribution < 1.29 is 36.2 Å². The molecule has 0 radical (unpaired) electrons. The zero-order valence-electron chi connectivity index (χ0n) is 22.2. The number of carboxylic acids is 1. The summed E-state index contributed by atoms with van der Waals surface area (Å²) in [5.74, 6) is -1.70. The molecule has 0 aliphatic carbocycles. The number of alkyl halides is 6. The third-order valence-corrected chi connectivity index (χ3v) is 7.38. The van der Waals surface area contributed by atoms with Crippen LogP contribution in [0.2, 0.25) is 0 Å². The van der Waals surface area contributed by atoms with Gasteiger partial charge in [0.2, 0.25) is 0 Å². The van der Waals surface area contributed by atoms with E-state index in [1.807, 2.05) is 30.9 Å². The average molecular weight is 564 g/mol. The van der Waals surface area contributed by atoms with Crippen LogP contribution in [0.1, 0.15) is 67.2 Å². The van der Waals surface area contributed by atoms with Gasteiger partial charge in [0, 0.05) is 24.7 Å². The summed E-state index contributed by atoms with van der Waals surface area (Å²) in [7, 11) is 0. The molecule has 0 amide bonds. The van der Waals surface area contributed by atoms with Gasteiger partial charge >= 0.3 is 18.3 Å². The van der Waals surface area contributed by atoms with E-state index in [0.717, 1.165) is 42.7 Å². The molecular weight excluding hydrogens is 532 g/mol. The average Bonchev–Trinajstić information content (AvgIpc) is 2.90. The minimum Gasteiger partial charge on any atom is -0.481 e. The molecule has 0 aromatic heterocycles. The maximum atomic E-state index is 13.1. The highest BCUT2D eigenvalue weighted by atomic mass is 19.4. The molecule has 0 bridgehead atoms. The van der Waals surface area contributed by atoms with E-state index in [0.29, 0.717) is 41.9 Å². The Morgan fingerprint density at radius 1 is 0.875 bits per heavy atom. The van der Waals surface area contributed by atoms with Gasteiger partial charge in [-0.1, -0.05) is 44.2 Å². The van der Waals surface area contributed by atoms with Crippen LogP contribution in [-0.4, -0.2) is 24.2 Å². The Morgan fingerprint density at radius 2 is 1.45 bits per heavy atom. The molecule has 1 N–H and O–H groups in total. The van der Waals surface area contributed by atoms with Crippen molar-refractivity contribution >= 4 is 11.7 Å². The molecule has 1 fully saturated rings. The van der Waals surface area contributed by atoms with E-state index < -0.39 is 35.4 Å². The molecule has 9 heteroatoms. The molecule has 1 heterocycles. The lowest BCUT2D eigenvalue weighted by molar-refractivity contribution is -0.139. The SMILES string of the molecule is CC(C)C[C@H](C(=O)O)c1cc(-c2ccc(C(F)(F)F)cc2)cc(C2CCCN(c3ccc(C(F)(F)F)cc3)C2)c1. The standard InChI is InChI=1S/C31H31F6NO2/c1-19(2)14-28(29(39)40)24-16-22(20-5-7-25(8-6-20)30(32,33)34)15-23(17-24)21-4-3-13-38(18-21)27-11-9-26(10-12-27)31(35,36)37/h5-12,15-17,19,21,28H,3-4,13-14,18H2,1-2H3,(H,39,40)/t21?,28-/m0/s1. The largest absolute Gasteiger partial charge is 0.481 e. The lowest BCUT2D eigenvalue weighted by Crippen LogP contribution is -2.34. The molecule has 1 saturated heterocycles. The summed E-state index contributed by atoms with van der Waals surface area (Å²) in [4.78, 5) is 14.3. The second kappa shape index (κ2) is 11.6. The molecule has 214 valence electrons. The van der Waals surface area contributed by atoms with E-state index in [9.17, 15) is 36.2 Å². The zero-order chi connectivity index (χ0) is 29.2. The smallest absolute Gasteiger partial charge is 0.416 e. The molecule has 1 aliphatic rings. The number of halogens is 6. The van der Waals surface area contributed by atoms with E-state index >= 15 is 0 Å². The maximum Gasteiger partial charge on any atom is 0.416 e. The molecule has 4 rings (SSSR count). The summed E-state index contributed by atoms with van der Waals surface area (Å²) in [5, 5.41) is 10.0. The number of carbonyl (C=O) groups is 1. The van der Waals surface area contributed by atoms with Gasteiger partial charge in [0.15, 0.2) is 0 Å². The number of carboxylic acid groups (broad SMARTS) is 1. The van der Waals surface area contributed by atoms with E-state index in [2.05, 4.69) is 0 Å². The fourth-order valence-electron chi connectivity index (χ4n) is 5.33. The molecule has 1 unspecified atom stereocenters. The molecular formula is C31H31F6NO2. The van der Waals surface area contributed by atoms with Crippen molar-refractivity contribution in [1.29, 1.82) is 0 Å². The number of aliphatic carboxylic acids is 1. The van der Waals surface area contributed by atoms with Gasteiger partial charge in [0.25, 0.3) is 0 Å². The predicted molar refractivity (Wildman–Crippen MR) is 142 cm³/mol. The first-order chi connectivity index (χ1) is 18.7. The van der Waals surface area contributed by atoms with E-state index in [1.54, 1.807) is 6.07 Å². The summed E-state index contributed by atoms with van der Waals surface area (Å²) < 4.78 is 78.5. The molecule has 2 atom stereocenters. The van der Waals surface area contributed by atoms with Crippen LogP contribution in [0.5, 0.6) is 0 Å². The second-order valence-corrected chi connectivity index (χ2v) is 10.8.